The van der Waals surface area contributed by atoms with Gasteiger partial charge in [0.2, 0.25) is 5.91 Å². The lowest BCUT2D eigenvalue weighted by atomic mass is 9.84. The molecule has 1 saturated carbocycles. The number of carbonyl (C=O) groups excluding carboxylic acids is 2. The Kier molecular flexibility index (Phi) is 4.30. The van der Waals surface area contributed by atoms with Crippen molar-refractivity contribution in [3.63, 3.8) is 0 Å². The third-order valence-corrected chi connectivity index (χ3v) is 6.72. The number of fused-ring (bicyclic) bond motifs is 1. The summed E-state index contributed by atoms with van der Waals surface area (Å²) in [6.07, 6.45) is 3.94. The van der Waals surface area contributed by atoms with E-state index in [9.17, 15) is 9.59 Å². The van der Waals surface area contributed by atoms with Gasteiger partial charge in [0.25, 0.3) is 5.91 Å². The number of thiophene rings is 1. The minimum Gasteiger partial charge on any atom is -0.397 e. The van der Waals surface area contributed by atoms with Crippen molar-refractivity contribution in [1.29, 1.82) is 0 Å². The van der Waals surface area contributed by atoms with Crippen LogP contribution in [0, 0.1) is 19.8 Å². The molecule has 1 aliphatic carbocycles. The van der Waals surface area contributed by atoms with E-state index in [-0.39, 0.29) is 23.8 Å². The maximum atomic E-state index is 12.7. The minimum absolute atomic E-state index is 0.0231. The molecule has 3 N–H and O–H groups in total. The summed E-state index contributed by atoms with van der Waals surface area (Å²) in [6.45, 7) is 5.12. The fourth-order valence-electron chi connectivity index (χ4n) is 3.65. The Morgan fingerprint density at radius 1 is 1.23 bits per heavy atom. The van der Waals surface area contributed by atoms with Gasteiger partial charge in [0.15, 0.2) is 0 Å². The lowest BCUT2D eigenvalue weighted by molar-refractivity contribution is -0.137. The molecule has 0 aromatic carbocycles. The third-order valence-electron chi connectivity index (χ3n) is 5.63. The van der Waals surface area contributed by atoms with Crippen molar-refractivity contribution in [3.05, 3.63) is 16.1 Å². The van der Waals surface area contributed by atoms with E-state index in [1.54, 1.807) is 0 Å². The summed E-state index contributed by atoms with van der Waals surface area (Å²) < 4.78 is 0. The summed E-state index contributed by atoms with van der Waals surface area (Å²) in [4.78, 5) is 28.1. The quantitative estimate of drug-likeness (QED) is 0.857. The Balaban J connectivity index is 1.47. The fourth-order valence-corrected chi connectivity index (χ4v) is 4.66. The molecule has 2 amide bonds. The summed E-state index contributed by atoms with van der Waals surface area (Å²) in [5.74, 6) is 0.258. The molecule has 0 radical (unpaired) electrons. The number of nitrogen functional groups attached to an aromatic ring is 1. The van der Waals surface area contributed by atoms with E-state index in [1.807, 2.05) is 18.7 Å². The van der Waals surface area contributed by atoms with E-state index in [0.717, 1.165) is 42.3 Å². The average molecular weight is 373 g/mol. The number of aromatic nitrogens is 2. The molecule has 2 aliphatic rings. The third kappa shape index (κ3) is 2.82. The van der Waals surface area contributed by atoms with E-state index < -0.39 is 0 Å². The summed E-state index contributed by atoms with van der Waals surface area (Å²) in [6, 6.07) is -0.0231. The molecular weight excluding hydrogens is 350 g/mol. The number of rotatable bonds is 3. The first-order chi connectivity index (χ1) is 12.5. The predicted octanol–water partition coefficient (Wildman–Crippen LogP) is 2.02. The summed E-state index contributed by atoms with van der Waals surface area (Å²) in [5, 5.41) is 12.1. The first-order valence-electron chi connectivity index (χ1n) is 9.07. The first kappa shape index (κ1) is 17.2. The van der Waals surface area contributed by atoms with Crippen molar-refractivity contribution in [2.75, 3.05) is 18.8 Å². The van der Waals surface area contributed by atoms with Crippen LogP contribution in [0.25, 0.3) is 10.2 Å². The number of amides is 2. The van der Waals surface area contributed by atoms with Gasteiger partial charge in [0.1, 0.15) is 9.71 Å². The molecule has 1 aliphatic heterocycles. The van der Waals surface area contributed by atoms with Crippen LogP contribution in [0.3, 0.4) is 0 Å². The molecule has 7 nitrogen and oxygen atoms in total. The topological polar surface area (TPSA) is 101 Å². The predicted molar refractivity (Wildman–Crippen MR) is 101 cm³/mol. The second-order valence-corrected chi connectivity index (χ2v) is 8.31. The number of carbonyl (C=O) groups is 2. The van der Waals surface area contributed by atoms with E-state index in [4.69, 9.17) is 5.73 Å². The molecule has 2 fully saturated rings. The number of likely N-dealkylation sites (tertiary alicyclic amines) is 1. The summed E-state index contributed by atoms with van der Waals surface area (Å²) in [5.41, 5.74) is 8.49. The Labute approximate surface area is 156 Å². The van der Waals surface area contributed by atoms with E-state index in [2.05, 4.69) is 15.5 Å². The SMILES string of the molecule is Cc1nnc2sc(C(=O)NC3CCN(C(=O)C4CCC4)C3)c(N)c2c1C. The number of hydrogen-bond donors (Lipinski definition) is 2. The Morgan fingerprint density at radius 2 is 2.00 bits per heavy atom. The highest BCUT2D eigenvalue weighted by Crippen LogP contribution is 2.35. The van der Waals surface area contributed by atoms with Crippen molar-refractivity contribution in [2.45, 2.75) is 45.6 Å². The van der Waals surface area contributed by atoms with Gasteiger partial charge in [-0.3, -0.25) is 9.59 Å². The Bertz CT molecular complexity index is 889. The fraction of sp³-hybridized carbons (Fsp3) is 0.556. The zero-order valence-electron chi connectivity index (χ0n) is 15.0. The molecule has 26 heavy (non-hydrogen) atoms. The van der Waals surface area contributed by atoms with Gasteiger partial charge in [0.05, 0.1) is 11.4 Å². The van der Waals surface area contributed by atoms with Crippen molar-refractivity contribution in [3.8, 4) is 0 Å². The molecule has 0 spiro atoms. The van der Waals surface area contributed by atoms with E-state index in [1.165, 1.54) is 11.3 Å². The molecule has 8 heteroatoms. The number of nitrogens with one attached hydrogen (secondary N) is 1. The number of anilines is 1. The molecule has 1 saturated heterocycles. The molecular formula is C18H23N5O2S. The van der Waals surface area contributed by atoms with Crippen LogP contribution in [-0.4, -0.2) is 46.0 Å². The molecule has 0 bridgehead atoms. The van der Waals surface area contributed by atoms with Gasteiger partial charge in [-0.15, -0.1) is 16.4 Å². The molecule has 4 rings (SSSR count). The number of hydrogen-bond acceptors (Lipinski definition) is 6. The second-order valence-electron chi connectivity index (χ2n) is 7.31. The van der Waals surface area contributed by atoms with E-state index in [0.29, 0.717) is 28.5 Å². The number of nitrogens with zero attached hydrogens (tertiary/aromatic N) is 3. The van der Waals surface area contributed by atoms with Crippen LogP contribution in [0.2, 0.25) is 0 Å². The van der Waals surface area contributed by atoms with Gasteiger partial charge in [-0.05, 0) is 38.7 Å². The molecule has 3 heterocycles. The average Bonchev–Trinajstić information content (AvgIpc) is 3.14. The molecule has 2 aromatic heterocycles. The highest BCUT2D eigenvalue weighted by atomic mass is 32.1. The van der Waals surface area contributed by atoms with Crippen LogP contribution in [0.4, 0.5) is 5.69 Å². The van der Waals surface area contributed by atoms with Crippen molar-refractivity contribution in [2.24, 2.45) is 5.92 Å². The number of aryl methyl sites for hydroxylation is 2. The van der Waals surface area contributed by atoms with Crippen molar-refractivity contribution in [1.82, 2.24) is 20.4 Å². The monoisotopic (exact) mass is 373 g/mol. The van der Waals surface area contributed by atoms with Gasteiger partial charge >= 0.3 is 0 Å². The molecule has 138 valence electrons. The highest BCUT2D eigenvalue weighted by Gasteiger charge is 2.34. The van der Waals surface area contributed by atoms with Crippen LogP contribution in [0.5, 0.6) is 0 Å². The van der Waals surface area contributed by atoms with Crippen LogP contribution in [-0.2, 0) is 4.79 Å². The van der Waals surface area contributed by atoms with Crippen LogP contribution < -0.4 is 11.1 Å². The molecule has 1 unspecified atom stereocenters. The smallest absolute Gasteiger partial charge is 0.263 e. The minimum atomic E-state index is -0.189. The van der Waals surface area contributed by atoms with Gasteiger partial charge in [0, 0.05) is 30.4 Å². The van der Waals surface area contributed by atoms with Crippen LogP contribution in [0.15, 0.2) is 0 Å². The van der Waals surface area contributed by atoms with Gasteiger partial charge in [-0.25, -0.2) is 0 Å². The Hall–Kier alpha value is -2.22. The largest absolute Gasteiger partial charge is 0.397 e. The zero-order chi connectivity index (χ0) is 18.4. The Morgan fingerprint density at radius 3 is 2.69 bits per heavy atom. The van der Waals surface area contributed by atoms with Gasteiger partial charge < -0.3 is 16.0 Å². The molecule has 1 atom stereocenters. The molecule has 2 aromatic rings. The lowest BCUT2D eigenvalue weighted by Crippen LogP contribution is -2.41. The van der Waals surface area contributed by atoms with Gasteiger partial charge in [-0.2, -0.15) is 5.10 Å². The standard InChI is InChI=1S/C18H23N5O2S/c1-9-10(2)21-22-17-13(9)14(19)15(26-17)16(24)20-12-6-7-23(8-12)18(25)11-4-3-5-11/h11-12H,3-8,19H2,1-2H3,(H,20,24). The van der Waals surface area contributed by atoms with Crippen LogP contribution >= 0.6 is 11.3 Å². The van der Waals surface area contributed by atoms with Crippen molar-refractivity contribution < 1.29 is 9.59 Å². The van der Waals surface area contributed by atoms with Crippen molar-refractivity contribution >= 4 is 39.1 Å². The zero-order valence-corrected chi connectivity index (χ0v) is 15.9. The van der Waals surface area contributed by atoms with Gasteiger partial charge in [-0.1, -0.05) is 6.42 Å². The number of nitrogens with two attached hydrogens (primary N) is 1. The summed E-state index contributed by atoms with van der Waals surface area (Å²) in [7, 11) is 0. The summed E-state index contributed by atoms with van der Waals surface area (Å²) >= 11 is 1.27. The lowest BCUT2D eigenvalue weighted by Gasteiger charge is -2.29. The van der Waals surface area contributed by atoms with E-state index >= 15 is 0 Å². The van der Waals surface area contributed by atoms with Crippen LogP contribution in [0.1, 0.15) is 46.6 Å². The second kappa shape index (κ2) is 6.50. The maximum Gasteiger partial charge on any atom is 0.263 e. The maximum absolute atomic E-state index is 12.7. The highest BCUT2D eigenvalue weighted by molar-refractivity contribution is 7.21. The normalized spacial score (nSPS) is 20.4. The first-order valence-corrected chi connectivity index (χ1v) is 9.89.